The van der Waals surface area contributed by atoms with Gasteiger partial charge in [-0.2, -0.15) is 13.2 Å². The van der Waals surface area contributed by atoms with E-state index < -0.39 is 17.6 Å². The summed E-state index contributed by atoms with van der Waals surface area (Å²) in [7, 11) is 0. The van der Waals surface area contributed by atoms with Crippen molar-refractivity contribution >= 4 is 34.2 Å². The van der Waals surface area contributed by atoms with E-state index in [-0.39, 0.29) is 12.1 Å². The van der Waals surface area contributed by atoms with Crippen molar-refractivity contribution in [2.24, 2.45) is 0 Å². The lowest BCUT2D eigenvalue weighted by atomic mass is 10.1. The molecule has 25 heavy (non-hydrogen) atoms. The lowest BCUT2D eigenvalue weighted by Gasteiger charge is -2.18. The number of hydrogen-bond donors (Lipinski definition) is 1. The van der Waals surface area contributed by atoms with Gasteiger partial charge < -0.3 is 14.8 Å². The summed E-state index contributed by atoms with van der Waals surface area (Å²) >= 11 is 1.88. The summed E-state index contributed by atoms with van der Waals surface area (Å²) in [5, 5.41) is 2.53. The third-order valence-corrected chi connectivity index (χ3v) is 4.48. The molecule has 0 saturated heterocycles. The third kappa shape index (κ3) is 4.36. The minimum atomic E-state index is -4.46. The Kier molecular flexibility index (Phi) is 5.07. The van der Waals surface area contributed by atoms with Gasteiger partial charge >= 0.3 is 6.18 Å². The molecule has 132 valence electrons. The molecule has 0 radical (unpaired) electrons. The number of ether oxygens (including phenoxy) is 2. The summed E-state index contributed by atoms with van der Waals surface area (Å²) < 4.78 is 49.8. The first kappa shape index (κ1) is 17.8. The molecule has 4 nitrogen and oxygen atoms in total. The number of halogens is 4. The van der Waals surface area contributed by atoms with Crippen LogP contribution in [0, 0.1) is 3.57 Å². The number of carbonyl (C=O) groups excluding carboxylic acids is 1. The molecular formula is C17H13F3INO3. The van der Waals surface area contributed by atoms with E-state index in [0.29, 0.717) is 33.8 Å². The topological polar surface area (TPSA) is 47.6 Å². The molecule has 0 atom stereocenters. The standard InChI is InChI=1S/C17H13F3INO3/c18-17(19,20)11-2-3-12(21)13(9-11)22-16(23)8-10-1-4-14-15(7-10)25-6-5-24-14/h1-4,7,9H,5-6,8H2,(H,22,23). The average Bonchev–Trinajstić information content (AvgIpc) is 2.55. The maximum atomic E-state index is 12.8. The van der Waals surface area contributed by atoms with Crippen LogP contribution in [0.3, 0.4) is 0 Å². The third-order valence-electron chi connectivity index (χ3n) is 3.54. The highest BCUT2D eigenvalue weighted by molar-refractivity contribution is 14.1. The molecule has 0 bridgehead atoms. The summed E-state index contributed by atoms with van der Waals surface area (Å²) in [6, 6.07) is 8.38. The van der Waals surface area contributed by atoms with Crippen LogP contribution in [0.25, 0.3) is 0 Å². The minimum absolute atomic E-state index is 0.0168. The van der Waals surface area contributed by atoms with E-state index in [4.69, 9.17) is 9.47 Å². The van der Waals surface area contributed by atoms with Crippen molar-refractivity contribution in [3.8, 4) is 11.5 Å². The van der Waals surface area contributed by atoms with Crippen molar-refractivity contribution in [1.82, 2.24) is 0 Å². The predicted molar refractivity (Wildman–Crippen MR) is 93.9 cm³/mol. The minimum Gasteiger partial charge on any atom is -0.486 e. The van der Waals surface area contributed by atoms with Crippen molar-refractivity contribution in [2.45, 2.75) is 12.6 Å². The second-order valence-corrected chi connectivity index (χ2v) is 6.56. The van der Waals surface area contributed by atoms with Crippen molar-refractivity contribution in [3.63, 3.8) is 0 Å². The van der Waals surface area contributed by atoms with Gasteiger partial charge in [0.2, 0.25) is 5.91 Å². The van der Waals surface area contributed by atoms with Gasteiger partial charge in [0.1, 0.15) is 13.2 Å². The highest BCUT2D eigenvalue weighted by Gasteiger charge is 2.31. The van der Waals surface area contributed by atoms with Gasteiger partial charge in [-0.25, -0.2) is 0 Å². The first-order valence-corrected chi connectivity index (χ1v) is 8.46. The van der Waals surface area contributed by atoms with Crippen molar-refractivity contribution in [3.05, 3.63) is 51.1 Å². The SMILES string of the molecule is O=C(Cc1ccc2c(c1)OCCO2)Nc1cc(C(F)(F)F)ccc1I. The Bertz CT molecular complexity index is 808. The van der Waals surface area contributed by atoms with Crippen LogP contribution in [0.5, 0.6) is 11.5 Å². The van der Waals surface area contributed by atoms with E-state index in [1.54, 1.807) is 18.2 Å². The molecule has 0 unspecified atom stereocenters. The maximum Gasteiger partial charge on any atom is 0.416 e. The number of carbonyl (C=O) groups is 1. The van der Waals surface area contributed by atoms with Gasteiger partial charge in [-0.3, -0.25) is 4.79 Å². The second-order valence-electron chi connectivity index (χ2n) is 5.40. The largest absolute Gasteiger partial charge is 0.486 e. The fourth-order valence-corrected chi connectivity index (χ4v) is 2.85. The Morgan fingerprint density at radius 3 is 2.52 bits per heavy atom. The van der Waals surface area contributed by atoms with Crippen LogP contribution in [0.1, 0.15) is 11.1 Å². The number of amides is 1. The summed E-state index contributed by atoms with van der Waals surface area (Å²) in [6.07, 6.45) is -4.44. The Balaban J connectivity index is 1.73. The van der Waals surface area contributed by atoms with E-state index in [1.807, 2.05) is 22.6 Å². The van der Waals surface area contributed by atoms with Gasteiger partial charge in [0.05, 0.1) is 17.7 Å². The Labute approximate surface area is 155 Å². The number of anilines is 1. The molecule has 0 fully saturated rings. The lowest BCUT2D eigenvalue weighted by molar-refractivity contribution is -0.137. The Hall–Kier alpha value is -1.97. The van der Waals surface area contributed by atoms with Crippen LogP contribution in [0.2, 0.25) is 0 Å². The highest BCUT2D eigenvalue weighted by Crippen LogP contribution is 2.33. The molecule has 8 heteroatoms. The quantitative estimate of drug-likeness (QED) is 0.693. The van der Waals surface area contributed by atoms with Gasteiger partial charge in [0.25, 0.3) is 0 Å². The zero-order chi connectivity index (χ0) is 18.0. The fourth-order valence-electron chi connectivity index (χ4n) is 2.37. The molecule has 2 aromatic carbocycles. The first-order valence-electron chi connectivity index (χ1n) is 7.38. The van der Waals surface area contributed by atoms with Gasteiger partial charge in [-0.15, -0.1) is 0 Å². The summed E-state index contributed by atoms with van der Waals surface area (Å²) in [5.74, 6) is 0.766. The molecule has 1 N–H and O–H groups in total. The molecule has 0 spiro atoms. The number of alkyl halides is 3. The Morgan fingerprint density at radius 2 is 1.80 bits per heavy atom. The summed E-state index contributed by atoms with van der Waals surface area (Å²) in [4.78, 5) is 12.2. The van der Waals surface area contributed by atoms with Crippen LogP contribution in [0.4, 0.5) is 18.9 Å². The van der Waals surface area contributed by atoms with E-state index in [0.717, 1.165) is 12.1 Å². The zero-order valence-electron chi connectivity index (χ0n) is 12.8. The van der Waals surface area contributed by atoms with Gasteiger partial charge in [0.15, 0.2) is 11.5 Å². The first-order chi connectivity index (χ1) is 11.8. The molecule has 0 aliphatic carbocycles. The number of fused-ring (bicyclic) bond motifs is 1. The Morgan fingerprint density at radius 1 is 1.08 bits per heavy atom. The zero-order valence-corrected chi connectivity index (χ0v) is 15.0. The van der Waals surface area contributed by atoms with Crippen molar-refractivity contribution in [2.75, 3.05) is 18.5 Å². The molecule has 1 aliphatic heterocycles. The highest BCUT2D eigenvalue weighted by atomic mass is 127. The van der Waals surface area contributed by atoms with Crippen LogP contribution >= 0.6 is 22.6 Å². The van der Waals surface area contributed by atoms with E-state index in [9.17, 15) is 18.0 Å². The lowest BCUT2D eigenvalue weighted by Crippen LogP contribution is -2.18. The number of rotatable bonds is 3. The van der Waals surface area contributed by atoms with Gasteiger partial charge in [-0.1, -0.05) is 6.07 Å². The van der Waals surface area contributed by atoms with Crippen LogP contribution in [-0.4, -0.2) is 19.1 Å². The summed E-state index contributed by atoms with van der Waals surface area (Å²) in [5.41, 5.74) is 0.0178. The second kappa shape index (κ2) is 7.11. The number of benzene rings is 2. The fraction of sp³-hybridized carbons (Fsp3) is 0.235. The smallest absolute Gasteiger partial charge is 0.416 e. The molecule has 0 aromatic heterocycles. The van der Waals surface area contributed by atoms with Gasteiger partial charge in [-0.05, 0) is 58.5 Å². The van der Waals surface area contributed by atoms with E-state index in [1.165, 1.54) is 6.07 Å². The normalized spacial score (nSPS) is 13.4. The molecular weight excluding hydrogens is 450 g/mol. The molecule has 1 amide bonds. The summed E-state index contributed by atoms with van der Waals surface area (Å²) in [6.45, 7) is 0.909. The monoisotopic (exact) mass is 463 g/mol. The van der Waals surface area contributed by atoms with E-state index in [2.05, 4.69) is 5.32 Å². The predicted octanol–water partition coefficient (Wildman–Crippen LogP) is 4.26. The molecule has 1 aliphatic rings. The number of hydrogen-bond acceptors (Lipinski definition) is 3. The molecule has 0 saturated carbocycles. The van der Waals surface area contributed by atoms with Crippen LogP contribution < -0.4 is 14.8 Å². The van der Waals surface area contributed by atoms with Gasteiger partial charge in [0, 0.05) is 3.57 Å². The van der Waals surface area contributed by atoms with Crippen molar-refractivity contribution < 1.29 is 27.4 Å². The maximum absolute atomic E-state index is 12.8. The van der Waals surface area contributed by atoms with E-state index >= 15 is 0 Å². The average molecular weight is 463 g/mol. The van der Waals surface area contributed by atoms with Crippen molar-refractivity contribution in [1.29, 1.82) is 0 Å². The number of nitrogens with one attached hydrogen (secondary N) is 1. The molecule has 1 heterocycles. The van der Waals surface area contributed by atoms with Crippen LogP contribution in [-0.2, 0) is 17.4 Å². The van der Waals surface area contributed by atoms with Crippen LogP contribution in [0.15, 0.2) is 36.4 Å². The molecule has 2 aromatic rings. The molecule has 3 rings (SSSR count).